The average Bonchev–Trinajstić information content (AvgIpc) is 3.48. The number of nitrogens with zero attached hydrogens (tertiary/aromatic N) is 1. The molecule has 3 rings (SSSR count). The number of halogens is 1. The molecule has 158 valence electrons. The molecule has 0 atom stereocenters. The van der Waals surface area contributed by atoms with Crippen LogP contribution in [0.5, 0.6) is 0 Å². The smallest absolute Gasteiger partial charge is 0.238 e. The van der Waals surface area contributed by atoms with Crippen LogP contribution in [0.25, 0.3) is 0 Å². The van der Waals surface area contributed by atoms with Gasteiger partial charge < -0.3 is 10.6 Å². The molecule has 0 aromatic heterocycles. The summed E-state index contributed by atoms with van der Waals surface area (Å²) < 4.78 is 22.6. The van der Waals surface area contributed by atoms with Crippen molar-refractivity contribution in [3.8, 4) is 0 Å². The van der Waals surface area contributed by atoms with Gasteiger partial charge in [0.1, 0.15) is 0 Å². The molecule has 8 heteroatoms. The van der Waals surface area contributed by atoms with Gasteiger partial charge in [-0.1, -0.05) is 42.5 Å². The third-order valence-electron chi connectivity index (χ3n) is 5.08. The van der Waals surface area contributed by atoms with Gasteiger partial charge in [-0.05, 0) is 49.4 Å². The van der Waals surface area contributed by atoms with Crippen LogP contribution in [0.2, 0.25) is 0 Å². The molecule has 0 amide bonds. The summed E-state index contributed by atoms with van der Waals surface area (Å²) in [5, 5.41) is 11.8. The Bertz CT molecular complexity index is 911. The maximum absolute atomic E-state index is 11.3. The zero-order valence-corrected chi connectivity index (χ0v) is 19.7. The van der Waals surface area contributed by atoms with E-state index in [2.05, 4.69) is 34.9 Å². The predicted molar refractivity (Wildman–Crippen MR) is 128 cm³/mol. The zero-order valence-electron chi connectivity index (χ0n) is 16.6. The first-order valence-corrected chi connectivity index (χ1v) is 11.2. The number of nitrogens with one attached hydrogen (secondary N) is 2. The van der Waals surface area contributed by atoms with Gasteiger partial charge in [0.05, 0.1) is 11.4 Å². The van der Waals surface area contributed by atoms with E-state index in [9.17, 15) is 8.42 Å². The summed E-state index contributed by atoms with van der Waals surface area (Å²) in [6.07, 6.45) is 3.12. The van der Waals surface area contributed by atoms with Crippen LogP contribution in [0.1, 0.15) is 30.9 Å². The first-order valence-electron chi connectivity index (χ1n) is 9.62. The van der Waals surface area contributed by atoms with E-state index in [4.69, 9.17) is 10.1 Å². The molecular weight excluding hydrogens is 499 g/mol. The molecule has 0 spiro atoms. The largest absolute Gasteiger partial charge is 0.357 e. The van der Waals surface area contributed by atoms with Crippen LogP contribution < -0.4 is 15.8 Å². The highest BCUT2D eigenvalue weighted by Crippen LogP contribution is 2.48. The van der Waals surface area contributed by atoms with Gasteiger partial charge in [0.2, 0.25) is 10.0 Å². The molecule has 0 radical (unpaired) electrons. The van der Waals surface area contributed by atoms with Crippen molar-refractivity contribution in [2.45, 2.75) is 36.5 Å². The summed E-state index contributed by atoms with van der Waals surface area (Å²) in [4.78, 5) is 4.93. The van der Waals surface area contributed by atoms with Crippen molar-refractivity contribution in [2.24, 2.45) is 10.1 Å². The van der Waals surface area contributed by atoms with E-state index >= 15 is 0 Å². The number of nitrogens with two attached hydrogens (primary N) is 1. The Balaban J connectivity index is 0.00000300. The quantitative estimate of drug-likeness (QED) is 0.279. The Kier molecular flexibility index (Phi) is 8.47. The number of sulfonamides is 1. The molecule has 2 aromatic carbocycles. The van der Waals surface area contributed by atoms with E-state index in [0.29, 0.717) is 6.54 Å². The van der Waals surface area contributed by atoms with Gasteiger partial charge in [0, 0.05) is 18.5 Å². The van der Waals surface area contributed by atoms with Crippen LogP contribution in [0, 0.1) is 0 Å². The fourth-order valence-corrected chi connectivity index (χ4v) is 3.74. The second-order valence-electron chi connectivity index (χ2n) is 7.21. The molecule has 0 aliphatic heterocycles. The van der Waals surface area contributed by atoms with Crippen molar-refractivity contribution in [1.29, 1.82) is 0 Å². The summed E-state index contributed by atoms with van der Waals surface area (Å²) in [6, 6.07) is 17.3. The number of benzene rings is 2. The maximum atomic E-state index is 11.3. The normalized spacial score (nSPS) is 15.3. The molecular formula is C21H29IN4O2S. The fourth-order valence-electron chi connectivity index (χ4n) is 3.22. The second-order valence-corrected chi connectivity index (χ2v) is 8.77. The lowest BCUT2D eigenvalue weighted by molar-refractivity contribution is 0.598. The molecule has 0 bridgehead atoms. The molecule has 1 aliphatic carbocycles. The van der Waals surface area contributed by atoms with Crippen LogP contribution in [-0.2, 0) is 21.9 Å². The topological polar surface area (TPSA) is 96.6 Å². The minimum atomic E-state index is -3.64. The first-order chi connectivity index (χ1) is 13.4. The number of hydrogen-bond donors (Lipinski definition) is 3. The minimum absolute atomic E-state index is 0. The van der Waals surface area contributed by atoms with Crippen molar-refractivity contribution in [1.82, 2.24) is 10.6 Å². The van der Waals surface area contributed by atoms with Gasteiger partial charge in [-0.2, -0.15) is 0 Å². The lowest BCUT2D eigenvalue weighted by Crippen LogP contribution is -2.39. The summed E-state index contributed by atoms with van der Waals surface area (Å²) in [6.45, 7) is 4.33. The fraction of sp³-hybridized carbons (Fsp3) is 0.381. The van der Waals surface area contributed by atoms with Gasteiger partial charge in [-0.15, -0.1) is 24.0 Å². The van der Waals surface area contributed by atoms with Crippen molar-refractivity contribution in [3.63, 3.8) is 0 Å². The minimum Gasteiger partial charge on any atom is -0.357 e. The molecule has 29 heavy (non-hydrogen) atoms. The molecule has 0 saturated heterocycles. The molecule has 6 nitrogen and oxygen atoms in total. The first kappa shape index (κ1) is 23.6. The van der Waals surface area contributed by atoms with Crippen LogP contribution in [0.3, 0.4) is 0 Å². The Morgan fingerprint density at radius 2 is 1.72 bits per heavy atom. The van der Waals surface area contributed by atoms with E-state index < -0.39 is 10.0 Å². The van der Waals surface area contributed by atoms with Crippen molar-refractivity contribution in [2.75, 3.05) is 19.6 Å². The van der Waals surface area contributed by atoms with Gasteiger partial charge >= 0.3 is 0 Å². The van der Waals surface area contributed by atoms with Crippen LogP contribution >= 0.6 is 24.0 Å². The lowest BCUT2D eigenvalue weighted by atomic mass is 9.96. The van der Waals surface area contributed by atoms with Crippen molar-refractivity contribution in [3.05, 3.63) is 65.7 Å². The highest BCUT2D eigenvalue weighted by molar-refractivity contribution is 14.0. The summed E-state index contributed by atoms with van der Waals surface area (Å²) in [5.41, 5.74) is 2.59. The van der Waals surface area contributed by atoms with Crippen LogP contribution in [0.15, 0.2) is 64.5 Å². The monoisotopic (exact) mass is 528 g/mol. The zero-order chi connectivity index (χ0) is 20.0. The summed E-state index contributed by atoms with van der Waals surface area (Å²) >= 11 is 0. The molecule has 1 aliphatic rings. The molecule has 2 aromatic rings. The van der Waals surface area contributed by atoms with Crippen LogP contribution in [-0.4, -0.2) is 34.0 Å². The predicted octanol–water partition coefficient (Wildman–Crippen LogP) is 2.78. The van der Waals surface area contributed by atoms with E-state index in [0.717, 1.165) is 31.0 Å². The Hall–Kier alpha value is -1.65. The SMILES string of the molecule is CCNC(=NCC1(c2ccccc2)CC1)NCCc1ccc(S(N)(=O)=O)cc1.I. The number of hydrogen-bond acceptors (Lipinski definition) is 3. The third kappa shape index (κ3) is 6.68. The lowest BCUT2D eigenvalue weighted by Gasteiger charge is -2.16. The Labute approximate surface area is 190 Å². The average molecular weight is 528 g/mol. The maximum Gasteiger partial charge on any atom is 0.238 e. The van der Waals surface area contributed by atoms with Crippen molar-refractivity contribution >= 4 is 40.0 Å². The van der Waals surface area contributed by atoms with E-state index in [1.807, 2.05) is 13.0 Å². The van der Waals surface area contributed by atoms with Crippen molar-refractivity contribution < 1.29 is 8.42 Å². The summed E-state index contributed by atoms with van der Waals surface area (Å²) in [5.74, 6) is 0.811. The molecule has 1 saturated carbocycles. The van der Waals surface area contributed by atoms with E-state index in [1.54, 1.807) is 24.3 Å². The highest BCUT2D eigenvalue weighted by Gasteiger charge is 2.43. The molecule has 0 unspecified atom stereocenters. The van der Waals surface area contributed by atoms with Gasteiger partial charge in [0.25, 0.3) is 0 Å². The molecule has 0 heterocycles. The van der Waals surface area contributed by atoms with Crippen LogP contribution in [0.4, 0.5) is 0 Å². The highest BCUT2D eigenvalue weighted by atomic mass is 127. The Morgan fingerprint density at radius 1 is 1.07 bits per heavy atom. The Morgan fingerprint density at radius 3 is 2.28 bits per heavy atom. The van der Waals surface area contributed by atoms with E-state index in [-0.39, 0.29) is 34.3 Å². The number of aliphatic imine (C=N–C) groups is 1. The second kappa shape index (κ2) is 10.4. The van der Waals surface area contributed by atoms with Gasteiger partial charge in [0.15, 0.2) is 5.96 Å². The molecule has 4 N–H and O–H groups in total. The summed E-state index contributed by atoms with van der Waals surface area (Å²) in [7, 11) is -3.64. The van der Waals surface area contributed by atoms with Gasteiger partial charge in [-0.3, -0.25) is 4.99 Å². The number of rotatable bonds is 8. The molecule has 1 fully saturated rings. The third-order valence-corrected chi connectivity index (χ3v) is 6.01. The van der Waals surface area contributed by atoms with Gasteiger partial charge in [-0.25, -0.2) is 13.6 Å². The number of guanidine groups is 1. The number of primary sulfonamides is 1. The standard InChI is InChI=1S/C21H28N4O2S.HI/c1-2-23-20(25-16-21(13-14-21)18-6-4-3-5-7-18)24-15-12-17-8-10-19(11-9-17)28(22,26)27;/h3-11H,2,12-16H2,1H3,(H2,22,26,27)(H2,23,24,25);1H. The van der Waals surface area contributed by atoms with E-state index in [1.165, 1.54) is 18.4 Å².